The minimum Gasteiger partial charge on any atom is -0.306 e. The van der Waals surface area contributed by atoms with Crippen molar-refractivity contribution in [2.75, 3.05) is 0 Å². The molecule has 0 radical (unpaired) electrons. The SMILES string of the molecule is c1ccc(Cc2nnc3n2CC[C@@H](c2ccccc2)S3)cc1. The van der Waals surface area contributed by atoms with Crippen molar-refractivity contribution in [3.05, 3.63) is 77.6 Å². The van der Waals surface area contributed by atoms with Crippen LogP contribution in [0.5, 0.6) is 0 Å². The lowest BCUT2D eigenvalue weighted by molar-refractivity contribution is 0.549. The number of benzene rings is 2. The van der Waals surface area contributed by atoms with E-state index in [1.807, 2.05) is 17.8 Å². The molecule has 3 aromatic rings. The fourth-order valence-corrected chi connectivity index (χ4v) is 4.06. The van der Waals surface area contributed by atoms with Crippen LogP contribution in [0, 0.1) is 0 Å². The highest BCUT2D eigenvalue weighted by Gasteiger charge is 2.24. The van der Waals surface area contributed by atoms with E-state index in [0.29, 0.717) is 5.25 Å². The second-order valence-corrected chi connectivity index (χ2v) is 6.69. The number of aromatic nitrogens is 3. The summed E-state index contributed by atoms with van der Waals surface area (Å²) in [7, 11) is 0. The molecule has 0 saturated carbocycles. The summed E-state index contributed by atoms with van der Waals surface area (Å²) < 4.78 is 2.27. The lowest BCUT2D eigenvalue weighted by Crippen LogP contribution is -2.13. The van der Waals surface area contributed by atoms with Gasteiger partial charge in [-0.05, 0) is 17.5 Å². The Kier molecular flexibility index (Phi) is 3.69. The van der Waals surface area contributed by atoms with Crippen molar-refractivity contribution in [3.63, 3.8) is 0 Å². The standard InChI is InChI=1S/C18H17N3S/c1-3-7-14(8-4-1)13-17-19-20-18-21(17)12-11-16(22-18)15-9-5-2-6-10-15/h1-10,16H,11-13H2/t16-/m0/s1. The summed E-state index contributed by atoms with van der Waals surface area (Å²) in [4.78, 5) is 0. The van der Waals surface area contributed by atoms with Crippen molar-refractivity contribution in [2.45, 2.75) is 29.8 Å². The predicted octanol–water partition coefficient (Wildman–Crippen LogP) is 4.11. The summed E-state index contributed by atoms with van der Waals surface area (Å²) >= 11 is 1.83. The van der Waals surface area contributed by atoms with Gasteiger partial charge in [0.15, 0.2) is 5.16 Å². The molecule has 110 valence electrons. The average molecular weight is 307 g/mol. The molecule has 1 atom stereocenters. The lowest BCUT2D eigenvalue weighted by atomic mass is 10.1. The van der Waals surface area contributed by atoms with Crippen LogP contribution in [-0.2, 0) is 13.0 Å². The van der Waals surface area contributed by atoms with E-state index in [1.165, 1.54) is 11.1 Å². The molecule has 0 unspecified atom stereocenters. The molecule has 0 saturated heterocycles. The summed E-state index contributed by atoms with van der Waals surface area (Å²) in [6.45, 7) is 0.997. The van der Waals surface area contributed by atoms with Crippen LogP contribution in [0.3, 0.4) is 0 Å². The number of hydrogen-bond acceptors (Lipinski definition) is 3. The van der Waals surface area contributed by atoms with Crippen molar-refractivity contribution < 1.29 is 0 Å². The highest BCUT2D eigenvalue weighted by Crippen LogP contribution is 2.41. The smallest absolute Gasteiger partial charge is 0.191 e. The molecule has 1 aliphatic heterocycles. The van der Waals surface area contributed by atoms with Gasteiger partial charge in [-0.3, -0.25) is 0 Å². The molecule has 0 bridgehead atoms. The minimum absolute atomic E-state index is 0.488. The predicted molar refractivity (Wildman–Crippen MR) is 88.9 cm³/mol. The first-order chi connectivity index (χ1) is 10.9. The monoisotopic (exact) mass is 307 g/mol. The summed E-state index contributed by atoms with van der Waals surface area (Å²) in [6, 6.07) is 21.2. The molecule has 0 amide bonds. The third-order valence-electron chi connectivity index (χ3n) is 4.03. The van der Waals surface area contributed by atoms with Crippen LogP contribution in [0.25, 0.3) is 0 Å². The lowest BCUT2D eigenvalue weighted by Gasteiger charge is -2.23. The Morgan fingerprint density at radius 3 is 2.45 bits per heavy atom. The van der Waals surface area contributed by atoms with Crippen molar-refractivity contribution in [3.8, 4) is 0 Å². The molecule has 3 nitrogen and oxygen atoms in total. The molecule has 2 heterocycles. The van der Waals surface area contributed by atoms with E-state index in [4.69, 9.17) is 0 Å². The number of hydrogen-bond donors (Lipinski definition) is 0. The van der Waals surface area contributed by atoms with Gasteiger partial charge in [0.05, 0.1) is 0 Å². The Balaban J connectivity index is 1.55. The van der Waals surface area contributed by atoms with Gasteiger partial charge in [0.25, 0.3) is 0 Å². The van der Waals surface area contributed by atoms with Gasteiger partial charge < -0.3 is 4.57 Å². The third-order valence-corrected chi connectivity index (χ3v) is 5.34. The number of nitrogens with zero attached hydrogens (tertiary/aromatic N) is 3. The van der Waals surface area contributed by atoms with Gasteiger partial charge in [0.2, 0.25) is 0 Å². The van der Waals surface area contributed by atoms with Crippen LogP contribution < -0.4 is 0 Å². The van der Waals surface area contributed by atoms with E-state index in [9.17, 15) is 0 Å². The first-order valence-corrected chi connectivity index (χ1v) is 8.46. The van der Waals surface area contributed by atoms with Crippen LogP contribution in [0.15, 0.2) is 65.8 Å². The third kappa shape index (κ3) is 2.66. The van der Waals surface area contributed by atoms with Crippen LogP contribution >= 0.6 is 11.8 Å². The van der Waals surface area contributed by atoms with E-state index >= 15 is 0 Å². The first-order valence-electron chi connectivity index (χ1n) is 7.58. The van der Waals surface area contributed by atoms with Crippen molar-refractivity contribution in [1.82, 2.24) is 14.8 Å². The maximum Gasteiger partial charge on any atom is 0.191 e. The van der Waals surface area contributed by atoms with Crippen LogP contribution in [0.2, 0.25) is 0 Å². The highest BCUT2D eigenvalue weighted by molar-refractivity contribution is 7.99. The van der Waals surface area contributed by atoms with Crippen LogP contribution in [0.1, 0.15) is 28.6 Å². The molecular formula is C18H17N3S. The van der Waals surface area contributed by atoms with Gasteiger partial charge in [-0.25, -0.2) is 0 Å². The fraction of sp³-hybridized carbons (Fsp3) is 0.222. The Hall–Kier alpha value is -2.07. The van der Waals surface area contributed by atoms with Gasteiger partial charge >= 0.3 is 0 Å². The van der Waals surface area contributed by atoms with Gasteiger partial charge in [-0.2, -0.15) is 0 Å². The zero-order chi connectivity index (χ0) is 14.8. The molecule has 4 rings (SSSR count). The Morgan fingerprint density at radius 1 is 0.955 bits per heavy atom. The molecule has 2 aromatic carbocycles. The quantitative estimate of drug-likeness (QED) is 0.729. The molecule has 0 N–H and O–H groups in total. The van der Waals surface area contributed by atoms with E-state index in [-0.39, 0.29) is 0 Å². The van der Waals surface area contributed by atoms with E-state index < -0.39 is 0 Å². The normalized spacial score (nSPS) is 17.2. The van der Waals surface area contributed by atoms with Crippen molar-refractivity contribution in [2.24, 2.45) is 0 Å². The zero-order valence-electron chi connectivity index (χ0n) is 12.2. The van der Waals surface area contributed by atoms with E-state index in [2.05, 4.69) is 69.4 Å². The van der Waals surface area contributed by atoms with E-state index in [1.54, 1.807) is 0 Å². The molecule has 0 spiro atoms. The minimum atomic E-state index is 0.488. The van der Waals surface area contributed by atoms with E-state index in [0.717, 1.165) is 30.4 Å². The van der Waals surface area contributed by atoms with Gasteiger partial charge in [-0.15, -0.1) is 10.2 Å². The van der Waals surface area contributed by atoms with Gasteiger partial charge in [-0.1, -0.05) is 72.4 Å². The fourth-order valence-electron chi connectivity index (χ4n) is 2.87. The molecular weight excluding hydrogens is 290 g/mol. The molecule has 1 aliphatic rings. The maximum absolute atomic E-state index is 4.41. The Morgan fingerprint density at radius 2 is 1.68 bits per heavy atom. The Bertz CT molecular complexity index is 753. The molecule has 4 heteroatoms. The average Bonchev–Trinajstić information content (AvgIpc) is 2.99. The largest absolute Gasteiger partial charge is 0.306 e. The molecule has 1 aromatic heterocycles. The van der Waals surface area contributed by atoms with Gasteiger partial charge in [0, 0.05) is 18.2 Å². The molecule has 22 heavy (non-hydrogen) atoms. The molecule has 0 aliphatic carbocycles. The second-order valence-electron chi connectivity index (χ2n) is 5.52. The van der Waals surface area contributed by atoms with Crippen molar-refractivity contribution in [1.29, 1.82) is 0 Å². The van der Waals surface area contributed by atoms with Gasteiger partial charge in [0.1, 0.15) is 5.82 Å². The maximum atomic E-state index is 4.41. The summed E-state index contributed by atoms with van der Waals surface area (Å²) in [5.74, 6) is 1.07. The number of thioether (sulfide) groups is 1. The first kappa shape index (κ1) is 13.6. The zero-order valence-corrected chi connectivity index (χ0v) is 13.0. The molecule has 0 fully saturated rings. The topological polar surface area (TPSA) is 30.7 Å². The summed E-state index contributed by atoms with van der Waals surface area (Å²) in [5.41, 5.74) is 2.67. The summed E-state index contributed by atoms with van der Waals surface area (Å²) in [5, 5.41) is 10.4. The highest BCUT2D eigenvalue weighted by atomic mass is 32.2. The van der Waals surface area contributed by atoms with Crippen LogP contribution in [0.4, 0.5) is 0 Å². The number of rotatable bonds is 3. The van der Waals surface area contributed by atoms with Crippen molar-refractivity contribution >= 4 is 11.8 Å². The Labute approximate surface area is 134 Å². The number of fused-ring (bicyclic) bond motifs is 1. The second kappa shape index (κ2) is 5.97. The van der Waals surface area contributed by atoms with Crippen LogP contribution in [-0.4, -0.2) is 14.8 Å². The summed E-state index contributed by atoms with van der Waals surface area (Å²) in [6.07, 6.45) is 1.98.